The van der Waals surface area contributed by atoms with Crippen LogP contribution in [0.2, 0.25) is 5.02 Å². The molecule has 0 spiro atoms. The number of hydrogen-bond donors (Lipinski definition) is 0. The third-order valence-corrected chi connectivity index (χ3v) is 8.41. The molecule has 1 saturated heterocycles. The van der Waals surface area contributed by atoms with E-state index >= 15 is 0 Å². The van der Waals surface area contributed by atoms with Gasteiger partial charge >= 0.3 is 0 Å². The fourth-order valence-electron chi connectivity index (χ4n) is 3.73. The van der Waals surface area contributed by atoms with E-state index in [1.165, 1.54) is 54.8 Å². The van der Waals surface area contributed by atoms with Crippen LogP contribution in [0.3, 0.4) is 0 Å². The first-order chi connectivity index (χ1) is 17.8. The molecule has 1 amide bonds. The van der Waals surface area contributed by atoms with Crippen LogP contribution in [-0.4, -0.2) is 44.7 Å². The first-order valence-electron chi connectivity index (χ1n) is 12.4. The Morgan fingerprint density at radius 1 is 1.00 bits per heavy atom. The maximum Gasteiger partial charge on any atom is 0.284 e. The summed E-state index contributed by atoms with van der Waals surface area (Å²) in [6.07, 6.45) is 8.71. The molecule has 1 aliphatic heterocycles. The van der Waals surface area contributed by atoms with Gasteiger partial charge in [-0.3, -0.25) is 9.69 Å². The fraction of sp³-hybridized carbons (Fsp3) is 0.407. The minimum absolute atomic E-state index is 0.00763. The number of carbonyl (C=O) groups excluding carboxylic acids is 1. The largest absolute Gasteiger partial charge is 0.493 e. The lowest BCUT2D eigenvalue weighted by atomic mass is 10.1. The molecule has 0 atom stereocenters. The van der Waals surface area contributed by atoms with Crippen molar-refractivity contribution in [2.24, 2.45) is 4.40 Å². The van der Waals surface area contributed by atoms with Gasteiger partial charge in [-0.1, -0.05) is 56.7 Å². The monoisotopic (exact) mass is 564 g/mol. The number of amides is 1. The Morgan fingerprint density at radius 2 is 1.70 bits per heavy atom. The van der Waals surface area contributed by atoms with E-state index in [4.69, 9.17) is 21.1 Å². The second-order valence-electron chi connectivity index (χ2n) is 8.49. The molecule has 0 unspecified atom stereocenters. The quantitative estimate of drug-likeness (QED) is 0.197. The van der Waals surface area contributed by atoms with Crippen molar-refractivity contribution in [3.8, 4) is 11.5 Å². The highest BCUT2D eigenvalue weighted by molar-refractivity contribution is 8.19. The van der Waals surface area contributed by atoms with Gasteiger partial charge in [-0.15, -0.1) is 4.40 Å². The van der Waals surface area contributed by atoms with E-state index in [1.807, 2.05) is 12.1 Å². The Balaban J connectivity index is 1.77. The van der Waals surface area contributed by atoms with E-state index in [0.29, 0.717) is 28.0 Å². The summed E-state index contributed by atoms with van der Waals surface area (Å²) in [5, 5.41) is 0.536. The molecular weight excluding hydrogens is 532 g/mol. The van der Waals surface area contributed by atoms with Crippen LogP contribution in [-0.2, 0) is 14.8 Å². The molecule has 37 heavy (non-hydrogen) atoms. The van der Waals surface area contributed by atoms with E-state index in [2.05, 4.69) is 11.3 Å². The van der Waals surface area contributed by atoms with Crippen molar-refractivity contribution >= 4 is 50.5 Å². The summed E-state index contributed by atoms with van der Waals surface area (Å²) in [4.78, 5) is 14.8. The smallest absolute Gasteiger partial charge is 0.284 e. The van der Waals surface area contributed by atoms with Gasteiger partial charge in [0.25, 0.3) is 15.9 Å². The number of carbonyl (C=O) groups is 1. The SMILES string of the molecule is CCCCCCCCOc1cc(C=C2SC(=NS(=O)(=O)c3ccc(Cl)cc3)N(CC)C2=O)ccc1OC. The lowest BCUT2D eigenvalue weighted by Gasteiger charge is -2.12. The fourth-order valence-corrected chi connectivity index (χ4v) is 6.10. The zero-order valence-corrected chi connectivity index (χ0v) is 23.8. The molecule has 0 N–H and O–H groups in total. The van der Waals surface area contributed by atoms with Gasteiger partial charge in [0.05, 0.1) is 23.5 Å². The summed E-state index contributed by atoms with van der Waals surface area (Å²) in [6.45, 7) is 4.84. The highest BCUT2D eigenvalue weighted by Gasteiger charge is 2.34. The third-order valence-electron chi connectivity index (χ3n) is 5.75. The number of hydrogen-bond acceptors (Lipinski definition) is 6. The molecular formula is C27H33ClN2O5S2. The molecule has 3 rings (SSSR count). The maximum absolute atomic E-state index is 13.0. The van der Waals surface area contributed by atoms with Gasteiger partial charge < -0.3 is 9.47 Å². The van der Waals surface area contributed by atoms with Gasteiger partial charge in [-0.05, 0) is 73.1 Å². The maximum atomic E-state index is 13.0. The zero-order chi connectivity index (χ0) is 26.8. The van der Waals surface area contributed by atoms with Crippen molar-refractivity contribution in [2.45, 2.75) is 57.3 Å². The molecule has 1 fully saturated rings. The molecule has 0 aliphatic carbocycles. The number of thioether (sulfide) groups is 1. The van der Waals surface area contributed by atoms with Gasteiger partial charge in [-0.2, -0.15) is 8.42 Å². The lowest BCUT2D eigenvalue weighted by molar-refractivity contribution is -0.122. The van der Waals surface area contributed by atoms with Crippen LogP contribution in [0, 0.1) is 0 Å². The first kappa shape index (κ1) is 29.1. The molecule has 7 nitrogen and oxygen atoms in total. The van der Waals surface area contributed by atoms with Crippen molar-refractivity contribution in [1.29, 1.82) is 0 Å². The number of benzene rings is 2. The lowest BCUT2D eigenvalue weighted by Crippen LogP contribution is -2.29. The Morgan fingerprint density at radius 3 is 2.38 bits per heavy atom. The molecule has 1 aliphatic rings. The number of methoxy groups -OCH3 is 1. The first-order valence-corrected chi connectivity index (χ1v) is 15.0. The van der Waals surface area contributed by atoms with Gasteiger partial charge in [0.15, 0.2) is 16.7 Å². The minimum Gasteiger partial charge on any atom is -0.493 e. The molecule has 2 aromatic rings. The highest BCUT2D eigenvalue weighted by atomic mass is 35.5. The molecule has 2 aromatic carbocycles. The number of sulfonamides is 1. The van der Waals surface area contributed by atoms with Crippen molar-refractivity contribution in [3.63, 3.8) is 0 Å². The molecule has 0 aromatic heterocycles. The highest BCUT2D eigenvalue weighted by Crippen LogP contribution is 2.35. The van der Waals surface area contributed by atoms with E-state index in [9.17, 15) is 13.2 Å². The predicted octanol–water partition coefficient (Wildman–Crippen LogP) is 6.77. The standard InChI is InChI=1S/C27H33ClN2O5S2/c1-4-6-7-8-9-10-17-35-24-18-20(11-16-23(24)34-3)19-25-26(31)30(5-2)27(36-25)29-37(32,33)22-14-12-21(28)13-15-22/h11-16,18-19H,4-10,17H2,1-3H3. The van der Waals surface area contributed by atoms with E-state index in [-0.39, 0.29) is 22.5 Å². The van der Waals surface area contributed by atoms with Crippen LogP contribution in [0.5, 0.6) is 11.5 Å². The number of amidine groups is 1. The van der Waals surface area contributed by atoms with Crippen LogP contribution in [0.15, 0.2) is 56.7 Å². The number of halogens is 1. The van der Waals surface area contributed by atoms with E-state index in [0.717, 1.165) is 30.2 Å². The molecule has 0 bridgehead atoms. The van der Waals surface area contributed by atoms with Crippen LogP contribution in [0.1, 0.15) is 57.9 Å². The Hall–Kier alpha value is -2.49. The topological polar surface area (TPSA) is 85.3 Å². The summed E-state index contributed by atoms with van der Waals surface area (Å²) in [7, 11) is -2.42. The molecule has 1 heterocycles. The minimum atomic E-state index is -4.01. The molecule has 0 radical (unpaired) electrons. The predicted molar refractivity (Wildman–Crippen MR) is 151 cm³/mol. The number of likely N-dealkylation sites (N-methyl/N-ethyl adjacent to an activating group) is 1. The summed E-state index contributed by atoms with van der Waals surface area (Å²) < 4.78 is 41.0. The Bertz CT molecular complexity index is 1240. The van der Waals surface area contributed by atoms with Crippen LogP contribution < -0.4 is 9.47 Å². The zero-order valence-electron chi connectivity index (χ0n) is 21.4. The number of unbranched alkanes of at least 4 members (excludes halogenated alkanes) is 5. The average Bonchev–Trinajstić information content (AvgIpc) is 3.16. The summed E-state index contributed by atoms with van der Waals surface area (Å²) in [6, 6.07) is 11.2. The van der Waals surface area contributed by atoms with Crippen molar-refractivity contribution in [3.05, 3.63) is 58.0 Å². The second-order valence-corrected chi connectivity index (χ2v) is 11.5. The third kappa shape index (κ3) is 7.99. The Kier molecular flexibility index (Phi) is 10.9. The van der Waals surface area contributed by atoms with E-state index in [1.54, 1.807) is 26.2 Å². The van der Waals surface area contributed by atoms with Crippen molar-refractivity contribution in [2.75, 3.05) is 20.3 Å². The van der Waals surface area contributed by atoms with Crippen LogP contribution in [0.25, 0.3) is 6.08 Å². The normalized spacial score (nSPS) is 16.1. The van der Waals surface area contributed by atoms with Crippen LogP contribution in [0.4, 0.5) is 0 Å². The van der Waals surface area contributed by atoms with Crippen molar-refractivity contribution < 1.29 is 22.7 Å². The van der Waals surface area contributed by atoms with Gasteiger partial charge in [-0.25, -0.2) is 0 Å². The van der Waals surface area contributed by atoms with E-state index < -0.39 is 10.0 Å². The second kappa shape index (κ2) is 13.9. The van der Waals surface area contributed by atoms with Crippen LogP contribution >= 0.6 is 23.4 Å². The number of nitrogens with zero attached hydrogens (tertiary/aromatic N) is 2. The molecule has 200 valence electrons. The number of ether oxygens (including phenoxy) is 2. The Labute approximate surface area is 228 Å². The molecule has 10 heteroatoms. The average molecular weight is 565 g/mol. The molecule has 0 saturated carbocycles. The summed E-state index contributed by atoms with van der Waals surface area (Å²) in [5.74, 6) is 0.917. The van der Waals surface area contributed by atoms with Gasteiger partial charge in [0.1, 0.15) is 0 Å². The summed E-state index contributed by atoms with van der Waals surface area (Å²) >= 11 is 6.90. The summed E-state index contributed by atoms with van der Waals surface area (Å²) in [5.41, 5.74) is 0.743. The van der Waals surface area contributed by atoms with Gasteiger partial charge in [0, 0.05) is 11.6 Å². The number of rotatable bonds is 13. The van der Waals surface area contributed by atoms with Gasteiger partial charge in [0.2, 0.25) is 0 Å². The van der Waals surface area contributed by atoms with Crippen molar-refractivity contribution in [1.82, 2.24) is 4.90 Å².